The van der Waals surface area contributed by atoms with Crippen molar-refractivity contribution in [3.05, 3.63) is 23.4 Å². The van der Waals surface area contributed by atoms with E-state index < -0.39 is 0 Å². The Morgan fingerprint density at radius 3 is 2.57 bits per heavy atom. The van der Waals surface area contributed by atoms with Crippen LogP contribution in [-0.2, 0) is 0 Å². The van der Waals surface area contributed by atoms with E-state index in [4.69, 9.17) is 0 Å². The van der Waals surface area contributed by atoms with Crippen molar-refractivity contribution < 1.29 is 4.79 Å². The van der Waals surface area contributed by atoms with Crippen molar-refractivity contribution in [3.8, 4) is 0 Å². The van der Waals surface area contributed by atoms with Gasteiger partial charge in [-0.05, 0) is 49.7 Å². The predicted molar refractivity (Wildman–Crippen MR) is 86.8 cm³/mol. The molecule has 1 aliphatic rings. The van der Waals surface area contributed by atoms with Gasteiger partial charge in [-0.3, -0.25) is 4.79 Å². The number of pyridine rings is 1. The molecular weight excluding hydrogens is 262 g/mol. The number of carbonyl (C=O) groups is 1. The Morgan fingerprint density at radius 1 is 1.33 bits per heavy atom. The van der Waals surface area contributed by atoms with Crippen LogP contribution in [0.2, 0.25) is 0 Å². The molecule has 1 heterocycles. The van der Waals surface area contributed by atoms with Crippen molar-refractivity contribution in [2.45, 2.75) is 52.9 Å². The van der Waals surface area contributed by atoms with Crippen LogP contribution >= 0.6 is 0 Å². The maximum absolute atomic E-state index is 12.4. The van der Waals surface area contributed by atoms with Crippen LogP contribution in [0.25, 0.3) is 0 Å². The molecule has 1 aromatic rings. The van der Waals surface area contributed by atoms with E-state index in [0.717, 1.165) is 31.0 Å². The fraction of sp³-hybridized carbons (Fsp3) is 0.647. The molecular formula is C17H27N3O. The number of rotatable bonds is 7. The highest BCUT2D eigenvalue weighted by Crippen LogP contribution is 2.47. The van der Waals surface area contributed by atoms with Gasteiger partial charge in [0.2, 0.25) is 0 Å². The van der Waals surface area contributed by atoms with Gasteiger partial charge in [0, 0.05) is 24.3 Å². The summed E-state index contributed by atoms with van der Waals surface area (Å²) >= 11 is 0. The van der Waals surface area contributed by atoms with E-state index in [2.05, 4.69) is 36.4 Å². The summed E-state index contributed by atoms with van der Waals surface area (Å²) in [4.78, 5) is 17.0. The van der Waals surface area contributed by atoms with E-state index in [1.54, 1.807) is 0 Å². The molecule has 4 nitrogen and oxygen atoms in total. The highest BCUT2D eigenvalue weighted by molar-refractivity contribution is 5.95. The van der Waals surface area contributed by atoms with Crippen molar-refractivity contribution in [3.63, 3.8) is 0 Å². The van der Waals surface area contributed by atoms with E-state index in [9.17, 15) is 4.79 Å². The van der Waals surface area contributed by atoms with E-state index in [1.807, 2.05) is 19.1 Å². The van der Waals surface area contributed by atoms with Gasteiger partial charge in [-0.1, -0.05) is 20.8 Å². The molecule has 0 atom stereocenters. The molecule has 0 radical (unpaired) electrons. The minimum absolute atomic E-state index is 0.0122. The van der Waals surface area contributed by atoms with Crippen LogP contribution in [0.4, 0.5) is 5.82 Å². The molecule has 116 valence electrons. The molecule has 0 spiro atoms. The number of nitrogens with zero attached hydrogens (tertiary/aromatic N) is 1. The van der Waals surface area contributed by atoms with Crippen molar-refractivity contribution in [1.82, 2.24) is 10.3 Å². The van der Waals surface area contributed by atoms with Crippen LogP contribution in [0.15, 0.2) is 12.1 Å². The lowest BCUT2D eigenvalue weighted by Gasteiger charge is -2.15. The Bertz CT molecular complexity index is 507. The highest BCUT2D eigenvalue weighted by Gasteiger charge is 2.40. The van der Waals surface area contributed by atoms with Crippen LogP contribution in [0, 0.1) is 5.41 Å². The summed E-state index contributed by atoms with van der Waals surface area (Å²) in [5.41, 5.74) is 2.03. The van der Waals surface area contributed by atoms with E-state index in [-0.39, 0.29) is 5.91 Å². The minimum Gasteiger partial charge on any atom is -0.370 e. The normalized spacial score (nSPS) is 15.9. The second kappa shape index (κ2) is 6.46. The van der Waals surface area contributed by atoms with Gasteiger partial charge >= 0.3 is 0 Å². The van der Waals surface area contributed by atoms with Crippen LogP contribution in [0.5, 0.6) is 0 Å². The number of nitrogens with one attached hydrogen (secondary N) is 2. The third-order valence-electron chi connectivity index (χ3n) is 4.39. The number of anilines is 1. The summed E-state index contributed by atoms with van der Waals surface area (Å²) in [7, 11) is 0. The fourth-order valence-electron chi connectivity index (χ4n) is 2.45. The maximum Gasteiger partial charge on any atom is 0.251 e. The Hall–Kier alpha value is -1.58. The standard InChI is InChI=1S/C17H27N3O/c1-5-17(7-8-17)11-19-16(21)13-9-14(12(3)4)20-15(10-13)18-6-2/h9-10,12H,5-8,11H2,1-4H3,(H,18,20)(H,19,21). The molecule has 1 saturated carbocycles. The quantitative estimate of drug-likeness (QED) is 0.807. The average molecular weight is 289 g/mol. The number of hydrogen-bond donors (Lipinski definition) is 2. The minimum atomic E-state index is 0.0122. The molecule has 2 N–H and O–H groups in total. The number of amides is 1. The maximum atomic E-state index is 12.4. The SMILES string of the molecule is CCNc1cc(C(=O)NCC2(CC)CC2)cc(C(C)C)n1. The summed E-state index contributed by atoms with van der Waals surface area (Å²) in [5, 5.41) is 6.30. The smallest absolute Gasteiger partial charge is 0.251 e. The molecule has 4 heteroatoms. The summed E-state index contributed by atoms with van der Waals surface area (Å²) in [6.07, 6.45) is 3.61. The second-order valence-corrected chi connectivity index (χ2v) is 6.39. The Labute approximate surface area is 127 Å². The summed E-state index contributed by atoms with van der Waals surface area (Å²) in [6, 6.07) is 3.75. The van der Waals surface area contributed by atoms with Gasteiger partial charge in [0.25, 0.3) is 5.91 Å². The van der Waals surface area contributed by atoms with Crippen molar-refractivity contribution in [2.24, 2.45) is 5.41 Å². The lowest BCUT2D eigenvalue weighted by Crippen LogP contribution is -2.30. The molecule has 0 unspecified atom stereocenters. The van der Waals surface area contributed by atoms with Gasteiger partial charge in [-0.25, -0.2) is 4.98 Å². The molecule has 0 bridgehead atoms. The number of aromatic nitrogens is 1. The third kappa shape index (κ3) is 3.96. The highest BCUT2D eigenvalue weighted by atomic mass is 16.1. The van der Waals surface area contributed by atoms with Gasteiger partial charge in [0.15, 0.2) is 0 Å². The van der Waals surface area contributed by atoms with Crippen LogP contribution in [-0.4, -0.2) is 24.0 Å². The summed E-state index contributed by atoms with van der Waals surface area (Å²) < 4.78 is 0. The number of carbonyl (C=O) groups excluding carboxylic acids is 1. The first kappa shape index (κ1) is 15.8. The molecule has 21 heavy (non-hydrogen) atoms. The van der Waals surface area contributed by atoms with Gasteiger partial charge in [-0.2, -0.15) is 0 Å². The van der Waals surface area contributed by atoms with Crippen molar-refractivity contribution in [2.75, 3.05) is 18.4 Å². The van der Waals surface area contributed by atoms with Gasteiger partial charge in [-0.15, -0.1) is 0 Å². The lowest BCUT2D eigenvalue weighted by molar-refractivity contribution is 0.0944. The van der Waals surface area contributed by atoms with E-state index >= 15 is 0 Å². The van der Waals surface area contributed by atoms with Gasteiger partial charge in [0.05, 0.1) is 0 Å². The van der Waals surface area contributed by atoms with Crippen LogP contribution in [0.1, 0.15) is 68.9 Å². The zero-order valence-corrected chi connectivity index (χ0v) is 13.6. The molecule has 1 fully saturated rings. The largest absolute Gasteiger partial charge is 0.370 e. The van der Waals surface area contributed by atoms with Crippen LogP contribution in [0.3, 0.4) is 0 Å². The van der Waals surface area contributed by atoms with Crippen LogP contribution < -0.4 is 10.6 Å². The molecule has 1 amide bonds. The predicted octanol–water partition coefficient (Wildman–Crippen LogP) is 3.56. The van der Waals surface area contributed by atoms with Gasteiger partial charge < -0.3 is 10.6 Å². The first-order valence-electron chi connectivity index (χ1n) is 8.03. The second-order valence-electron chi connectivity index (χ2n) is 6.39. The molecule has 1 aliphatic carbocycles. The van der Waals surface area contributed by atoms with Crippen molar-refractivity contribution in [1.29, 1.82) is 0 Å². The number of hydrogen-bond acceptors (Lipinski definition) is 3. The zero-order chi connectivity index (χ0) is 15.5. The lowest BCUT2D eigenvalue weighted by atomic mass is 10.0. The van der Waals surface area contributed by atoms with E-state index in [0.29, 0.717) is 16.9 Å². The molecule has 2 rings (SSSR count). The zero-order valence-electron chi connectivity index (χ0n) is 13.6. The molecule has 0 aromatic carbocycles. The third-order valence-corrected chi connectivity index (χ3v) is 4.39. The summed E-state index contributed by atoms with van der Waals surface area (Å²) in [5.74, 6) is 1.10. The van der Waals surface area contributed by atoms with Gasteiger partial charge in [0.1, 0.15) is 5.82 Å². The average Bonchev–Trinajstić information content (AvgIpc) is 3.25. The molecule has 0 saturated heterocycles. The van der Waals surface area contributed by atoms with Crippen molar-refractivity contribution >= 4 is 11.7 Å². The molecule has 0 aliphatic heterocycles. The Morgan fingerprint density at radius 2 is 2.05 bits per heavy atom. The first-order valence-corrected chi connectivity index (χ1v) is 8.03. The Kier molecular flexibility index (Phi) is 4.86. The topological polar surface area (TPSA) is 54.0 Å². The van der Waals surface area contributed by atoms with E-state index in [1.165, 1.54) is 12.8 Å². The fourth-order valence-corrected chi connectivity index (χ4v) is 2.45. The monoisotopic (exact) mass is 289 g/mol. The summed E-state index contributed by atoms with van der Waals surface area (Å²) in [6.45, 7) is 10.0. The Balaban J connectivity index is 2.11. The first-order chi connectivity index (χ1) is 9.99. The molecule has 1 aromatic heterocycles.